The lowest BCUT2D eigenvalue weighted by Gasteiger charge is -1.99. The molecule has 0 fully saturated rings. The number of nitrogens with one attached hydrogen (secondary N) is 1. The normalized spacial score (nSPS) is 11.0. The van der Waals surface area contributed by atoms with Crippen molar-refractivity contribution in [2.45, 2.75) is 13.5 Å². The van der Waals surface area contributed by atoms with E-state index in [9.17, 15) is 0 Å². The second kappa shape index (κ2) is 4.42. The van der Waals surface area contributed by atoms with Gasteiger partial charge in [-0.3, -0.25) is 4.68 Å². The van der Waals surface area contributed by atoms with E-state index in [1.807, 2.05) is 43.0 Å². The van der Waals surface area contributed by atoms with Crippen LogP contribution in [-0.4, -0.2) is 14.8 Å². The average Bonchev–Trinajstić information content (AvgIpc) is 2.89. The zero-order chi connectivity index (χ0) is 12.5. The van der Waals surface area contributed by atoms with Gasteiger partial charge in [-0.2, -0.15) is 5.10 Å². The second-order valence-corrected chi connectivity index (χ2v) is 5.28. The minimum atomic E-state index is 0.763. The van der Waals surface area contributed by atoms with Crippen LogP contribution in [0, 0.1) is 6.92 Å². The number of anilines is 1. The number of benzene rings is 1. The lowest BCUT2D eigenvalue weighted by molar-refractivity contribution is 0.756. The zero-order valence-corrected chi connectivity index (χ0v) is 11.2. The molecule has 0 spiro atoms. The Labute approximate surface area is 109 Å². The molecular weight excluding hydrogens is 244 g/mol. The predicted octanol–water partition coefficient (Wildman–Crippen LogP) is 2.95. The van der Waals surface area contributed by atoms with E-state index in [1.54, 1.807) is 11.3 Å². The summed E-state index contributed by atoms with van der Waals surface area (Å²) in [5.41, 5.74) is 3.32. The van der Waals surface area contributed by atoms with Gasteiger partial charge in [0.1, 0.15) is 0 Å². The van der Waals surface area contributed by atoms with Crippen LogP contribution in [0.4, 0.5) is 5.13 Å². The summed E-state index contributed by atoms with van der Waals surface area (Å²) < 4.78 is 3.05. The van der Waals surface area contributed by atoms with E-state index in [4.69, 9.17) is 0 Å². The number of para-hydroxylation sites is 1. The van der Waals surface area contributed by atoms with Crippen LogP contribution in [0.3, 0.4) is 0 Å². The number of aryl methyl sites for hydroxylation is 2. The first-order valence-corrected chi connectivity index (χ1v) is 6.62. The van der Waals surface area contributed by atoms with E-state index in [0.717, 1.165) is 22.9 Å². The van der Waals surface area contributed by atoms with Crippen molar-refractivity contribution in [3.8, 4) is 0 Å². The molecule has 3 aromatic rings. The molecule has 92 valence electrons. The fraction of sp³-hybridized carbons (Fsp3) is 0.231. The SMILES string of the molecule is Cc1nn(C)cc1CNc1nc2ccccc2s1. The van der Waals surface area contributed by atoms with Gasteiger partial charge in [0.05, 0.1) is 15.9 Å². The minimum absolute atomic E-state index is 0.763. The summed E-state index contributed by atoms with van der Waals surface area (Å²) in [5.74, 6) is 0. The van der Waals surface area contributed by atoms with Gasteiger partial charge in [0.25, 0.3) is 0 Å². The highest BCUT2D eigenvalue weighted by Gasteiger charge is 2.05. The average molecular weight is 258 g/mol. The van der Waals surface area contributed by atoms with E-state index < -0.39 is 0 Å². The molecule has 1 aromatic carbocycles. The quantitative estimate of drug-likeness (QED) is 0.785. The number of hydrogen-bond donors (Lipinski definition) is 1. The third-order valence-corrected chi connectivity index (χ3v) is 3.83. The third kappa shape index (κ3) is 2.09. The highest BCUT2D eigenvalue weighted by molar-refractivity contribution is 7.22. The van der Waals surface area contributed by atoms with Gasteiger partial charge in [-0.1, -0.05) is 23.5 Å². The molecule has 0 aliphatic rings. The van der Waals surface area contributed by atoms with Gasteiger partial charge < -0.3 is 5.32 Å². The summed E-state index contributed by atoms with van der Waals surface area (Å²) in [6.45, 7) is 2.79. The molecule has 2 heterocycles. The predicted molar refractivity (Wildman–Crippen MR) is 74.9 cm³/mol. The molecule has 0 aliphatic heterocycles. The number of rotatable bonds is 3. The Kier molecular flexibility index (Phi) is 2.76. The van der Waals surface area contributed by atoms with Gasteiger partial charge in [-0.25, -0.2) is 4.98 Å². The Morgan fingerprint density at radius 3 is 2.89 bits per heavy atom. The van der Waals surface area contributed by atoms with Crippen LogP contribution in [0.15, 0.2) is 30.5 Å². The van der Waals surface area contributed by atoms with Gasteiger partial charge in [0.15, 0.2) is 5.13 Å². The molecule has 0 unspecified atom stereocenters. The standard InChI is InChI=1S/C13H14N4S/c1-9-10(8-17(2)16-9)7-14-13-15-11-5-3-4-6-12(11)18-13/h3-6,8H,7H2,1-2H3,(H,14,15). The highest BCUT2D eigenvalue weighted by atomic mass is 32.1. The lowest BCUT2D eigenvalue weighted by Crippen LogP contribution is -1.99. The Hall–Kier alpha value is -1.88. The van der Waals surface area contributed by atoms with E-state index >= 15 is 0 Å². The van der Waals surface area contributed by atoms with E-state index in [0.29, 0.717) is 0 Å². The molecule has 0 amide bonds. The molecule has 0 saturated heterocycles. The summed E-state index contributed by atoms with van der Waals surface area (Å²) in [6, 6.07) is 8.17. The van der Waals surface area contributed by atoms with Crippen LogP contribution in [0.1, 0.15) is 11.3 Å². The fourth-order valence-electron chi connectivity index (χ4n) is 1.94. The summed E-state index contributed by atoms with van der Waals surface area (Å²) >= 11 is 1.68. The Bertz CT molecular complexity index is 650. The number of fused-ring (bicyclic) bond motifs is 1. The van der Waals surface area contributed by atoms with Crippen LogP contribution in [0.5, 0.6) is 0 Å². The molecule has 3 rings (SSSR count). The van der Waals surface area contributed by atoms with Gasteiger partial charge in [0, 0.05) is 25.4 Å². The van der Waals surface area contributed by atoms with Crippen molar-refractivity contribution in [1.82, 2.24) is 14.8 Å². The van der Waals surface area contributed by atoms with Gasteiger partial charge >= 0.3 is 0 Å². The first kappa shape index (κ1) is 11.2. The molecule has 0 radical (unpaired) electrons. The van der Waals surface area contributed by atoms with Gasteiger partial charge in [-0.15, -0.1) is 0 Å². The topological polar surface area (TPSA) is 42.7 Å². The van der Waals surface area contributed by atoms with E-state index in [1.165, 1.54) is 10.3 Å². The molecule has 0 atom stereocenters. The maximum atomic E-state index is 4.54. The molecule has 5 heteroatoms. The highest BCUT2D eigenvalue weighted by Crippen LogP contribution is 2.25. The van der Waals surface area contributed by atoms with Crippen LogP contribution < -0.4 is 5.32 Å². The second-order valence-electron chi connectivity index (χ2n) is 4.25. The molecule has 4 nitrogen and oxygen atoms in total. The van der Waals surface area contributed by atoms with Crippen LogP contribution >= 0.6 is 11.3 Å². The van der Waals surface area contributed by atoms with Crippen molar-refractivity contribution in [2.75, 3.05) is 5.32 Å². The van der Waals surface area contributed by atoms with Crippen molar-refractivity contribution in [3.63, 3.8) is 0 Å². The van der Waals surface area contributed by atoms with Crippen molar-refractivity contribution < 1.29 is 0 Å². The van der Waals surface area contributed by atoms with E-state index in [2.05, 4.69) is 21.5 Å². The summed E-state index contributed by atoms with van der Waals surface area (Å²) in [6.07, 6.45) is 2.04. The van der Waals surface area contributed by atoms with Crippen LogP contribution in [-0.2, 0) is 13.6 Å². The van der Waals surface area contributed by atoms with Crippen molar-refractivity contribution in [1.29, 1.82) is 0 Å². The van der Waals surface area contributed by atoms with Gasteiger partial charge in [-0.05, 0) is 19.1 Å². The minimum Gasteiger partial charge on any atom is -0.357 e. The maximum absolute atomic E-state index is 4.54. The smallest absolute Gasteiger partial charge is 0.184 e. The maximum Gasteiger partial charge on any atom is 0.184 e. The molecular formula is C13H14N4S. The molecule has 2 aromatic heterocycles. The monoisotopic (exact) mass is 258 g/mol. The number of aromatic nitrogens is 3. The summed E-state index contributed by atoms with van der Waals surface area (Å²) in [5, 5.41) is 8.64. The Morgan fingerprint density at radius 1 is 1.33 bits per heavy atom. The van der Waals surface area contributed by atoms with Crippen molar-refractivity contribution in [3.05, 3.63) is 41.7 Å². The van der Waals surface area contributed by atoms with Crippen LogP contribution in [0.2, 0.25) is 0 Å². The largest absolute Gasteiger partial charge is 0.357 e. The number of thiazole rings is 1. The molecule has 18 heavy (non-hydrogen) atoms. The molecule has 0 aliphatic carbocycles. The lowest BCUT2D eigenvalue weighted by atomic mass is 10.3. The fourth-order valence-corrected chi connectivity index (χ4v) is 2.80. The number of nitrogens with zero attached hydrogens (tertiary/aromatic N) is 3. The molecule has 0 saturated carbocycles. The summed E-state index contributed by atoms with van der Waals surface area (Å²) in [4.78, 5) is 4.54. The first-order chi connectivity index (χ1) is 8.72. The van der Waals surface area contributed by atoms with Gasteiger partial charge in [0.2, 0.25) is 0 Å². The third-order valence-electron chi connectivity index (χ3n) is 2.84. The summed E-state index contributed by atoms with van der Waals surface area (Å²) in [7, 11) is 1.94. The Balaban J connectivity index is 1.78. The number of hydrogen-bond acceptors (Lipinski definition) is 4. The van der Waals surface area contributed by atoms with Crippen molar-refractivity contribution >= 4 is 26.7 Å². The van der Waals surface area contributed by atoms with Crippen molar-refractivity contribution in [2.24, 2.45) is 7.05 Å². The molecule has 0 bridgehead atoms. The van der Waals surface area contributed by atoms with E-state index in [-0.39, 0.29) is 0 Å². The first-order valence-electron chi connectivity index (χ1n) is 5.81. The van der Waals surface area contributed by atoms with Crippen LogP contribution in [0.25, 0.3) is 10.2 Å². The molecule has 1 N–H and O–H groups in total. The Morgan fingerprint density at radius 2 is 2.17 bits per heavy atom. The zero-order valence-electron chi connectivity index (χ0n) is 10.3.